The van der Waals surface area contributed by atoms with Gasteiger partial charge in [0.05, 0.1) is 11.1 Å². The van der Waals surface area contributed by atoms with E-state index in [4.69, 9.17) is 0 Å². The summed E-state index contributed by atoms with van der Waals surface area (Å²) >= 11 is 0. The van der Waals surface area contributed by atoms with Gasteiger partial charge in [-0.15, -0.1) is 0 Å². The van der Waals surface area contributed by atoms with Crippen LogP contribution in [0, 0.1) is 5.41 Å². The standard InChI is InChI=1S/C15H17NO/c1-2-13(17)15(8-9-15)14-12-6-4-3-5-11(12)7-10-16-14/h3-6H,2,7-10H2,1H3. The van der Waals surface area contributed by atoms with E-state index in [0.29, 0.717) is 12.2 Å². The number of nitrogens with zero attached hydrogens (tertiary/aromatic N) is 1. The van der Waals surface area contributed by atoms with Gasteiger partial charge in [-0.2, -0.15) is 0 Å². The molecular formula is C15H17NO. The lowest BCUT2D eigenvalue weighted by atomic mass is 9.84. The van der Waals surface area contributed by atoms with Gasteiger partial charge in [-0.3, -0.25) is 9.79 Å². The lowest BCUT2D eigenvalue weighted by molar-refractivity contribution is -0.121. The molecule has 1 aromatic carbocycles. The lowest BCUT2D eigenvalue weighted by Gasteiger charge is -2.22. The van der Waals surface area contributed by atoms with Crippen LogP contribution in [0.4, 0.5) is 0 Å². The molecule has 0 aromatic heterocycles. The first-order chi connectivity index (χ1) is 8.28. The SMILES string of the molecule is CCC(=O)C1(C2=NCCc3ccccc32)CC1. The quantitative estimate of drug-likeness (QED) is 0.780. The highest BCUT2D eigenvalue weighted by Gasteiger charge is 2.53. The molecule has 88 valence electrons. The summed E-state index contributed by atoms with van der Waals surface area (Å²) in [6.45, 7) is 2.79. The molecule has 0 radical (unpaired) electrons. The van der Waals surface area contributed by atoms with Crippen LogP contribution in [0.2, 0.25) is 0 Å². The predicted octanol–water partition coefficient (Wildman–Crippen LogP) is 2.79. The van der Waals surface area contributed by atoms with Crippen LogP contribution in [0.15, 0.2) is 29.3 Å². The largest absolute Gasteiger partial charge is 0.299 e. The minimum Gasteiger partial charge on any atom is -0.299 e. The van der Waals surface area contributed by atoms with Crippen LogP contribution < -0.4 is 0 Å². The molecule has 0 atom stereocenters. The number of benzene rings is 1. The number of rotatable bonds is 3. The molecule has 17 heavy (non-hydrogen) atoms. The van der Waals surface area contributed by atoms with Crippen LogP contribution in [0.3, 0.4) is 0 Å². The molecule has 0 N–H and O–H groups in total. The van der Waals surface area contributed by atoms with Crippen molar-refractivity contribution in [2.75, 3.05) is 6.54 Å². The Bertz CT molecular complexity index is 497. The van der Waals surface area contributed by atoms with Crippen molar-refractivity contribution in [1.82, 2.24) is 0 Å². The van der Waals surface area contributed by atoms with Crippen LogP contribution in [-0.2, 0) is 11.2 Å². The fourth-order valence-corrected chi connectivity index (χ4v) is 2.86. The molecule has 3 rings (SSSR count). The zero-order valence-corrected chi connectivity index (χ0v) is 10.2. The summed E-state index contributed by atoms with van der Waals surface area (Å²) < 4.78 is 0. The third-order valence-electron chi connectivity index (χ3n) is 3.98. The zero-order valence-electron chi connectivity index (χ0n) is 10.2. The van der Waals surface area contributed by atoms with E-state index < -0.39 is 0 Å². The number of carbonyl (C=O) groups is 1. The Morgan fingerprint density at radius 1 is 1.35 bits per heavy atom. The smallest absolute Gasteiger partial charge is 0.144 e. The zero-order chi connectivity index (χ0) is 11.9. The monoisotopic (exact) mass is 227 g/mol. The average Bonchev–Trinajstić information content (AvgIpc) is 3.18. The number of hydrogen-bond acceptors (Lipinski definition) is 2. The topological polar surface area (TPSA) is 29.4 Å². The molecule has 1 aromatic rings. The van der Waals surface area contributed by atoms with E-state index in [0.717, 1.165) is 31.5 Å². The number of carbonyl (C=O) groups excluding carboxylic acids is 1. The van der Waals surface area contributed by atoms with E-state index >= 15 is 0 Å². The van der Waals surface area contributed by atoms with Gasteiger partial charge in [0.15, 0.2) is 0 Å². The molecule has 2 aliphatic rings. The molecule has 1 aliphatic carbocycles. The highest BCUT2D eigenvalue weighted by Crippen LogP contribution is 2.51. The van der Waals surface area contributed by atoms with Crippen LogP contribution in [-0.4, -0.2) is 18.0 Å². The van der Waals surface area contributed by atoms with Gasteiger partial charge in [0.25, 0.3) is 0 Å². The van der Waals surface area contributed by atoms with Crippen molar-refractivity contribution < 1.29 is 4.79 Å². The summed E-state index contributed by atoms with van der Waals surface area (Å²) in [7, 11) is 0. The molecule has 0 spiro atoms. The van der Waals surface area contributed by atoms with Crippen LogP contribution >= 0.6 is 0 Å². The lowest BCUT2D eigenvalue weighted by Crippen LogP contribution is -2.29. The number of hydrogen-bond donors (Lipinski definition) is 0. The Labute approximate surface area is 102 Å². The van der Waals surface area contributed by atoms with E-state index in [-0.39, 0.29) is 5.41 Å². The number of fused-ring (bicyclic) bond motifs is 1. The van der Waals surface area contributed by atoms with E-state index in [2.05, 4.69) is 23.2 Å². The first kappa shape index (κ1) is 10.7. The van der Waals surface area contributed by atoms with E-state index in [1.807, 2.05) is 13.0 Å². The first-order valence-electron chi connectivity index (χ1n) is 6.44. The third kappa shape index (κ3) is 1.54. The maximum Gasteiger partial charge on any atom is 0.144 e. The van der Waals surface area contributed by atoms with Crippen molar-refractivity contribution in [1.29, 1.82) is 0 Å². The van der Waals surface area contributed by atoms with Crippen molar-refractivity contribution >= 4 is 11.5 Å². The molecule has 1 heterocycles. The summed E-state index contributed by atoms with van der Waals surface area (Å²) in [4.78, 5) is 16.8. The maximum absolute atomic E-state index is 12.1. The third-order valence-corrected chi connectivity index (χ3v) is 3.98. The Morgan fingerprint density at radius 2 is 2.12 bits per heavy atom. The van der Waals surface area contributed by atoms with Gasteiger partial charge in [0, 0.05) is 13.0 Å². The van der Waals surface area contributed by atoms with E-state index in [1.54, 1.807) is 0 Å². The predicted molar refractivity (Wildman–Crippen MR) is 68.5 cm³/mol. The Kier molecular flexibility index (Phi) is 2.39. The maximum atomic E-state index is 12.1. The van der Waals surface area contributed by atoms with Crippen molar-refractivity contribution in [3.63, 3.8) is 0 Å². The van der Waals surface area contributed by atoms with E-state index in [1.165, 1.54) is 11.1 Å². The second-order valence-corrected chi connectivity index (χ2v) is 5.00. The highest BCUT2D eigenvalue weighted by atomic mass is 16.1. The molecule has 0 bridgehead atoms. The van der Waals surface area contributed by atoms with Crippen molar-refractivity contribution in [2.24, 2.45) is 10.4 Å². The summed E-state index contributed by atoms with van der Waals surface area (Å²) in [5.41, 5.74) is 3.43. The Balaban J connectivity index is 2.05. The number of ketones is 1. The minimum atomic E-state index is -0.217. The molecule has 2 nitrogen and oxygen atoms in total. The molecule has 1 saturated carbocycles. The van der Waals surface area contributed by atoms with Crippen LogP contribution in [0.25, 0.3) is 0 Å². The van der Waals surface area contributed by atoms with Crippen molar-refractivity contribution in [2.45, 2.75) is 32.6 Å². The van der Waals surface area contributed by atoms with Gasteiger partial charge in [-0.1, -0.05) is 31.2 Å². The van der Waals surface area contributed by atoms with Crippen molar-refractivity contribution in [3.05, 3.63) is 35.4 Å². The fourth-order valence-electron chi connectivity index (χ4n) is 2.86. The van der Waals surface area contributed by atoms with Gasteiger partial charge in [0.1, 0.15) is 5.78 Å². The molecule has 1 fully saturated rings. The Morgan fingerprint density at radius 3 is 2.82 bits per heavy atom. The van der Waals surface area contributed by atoms with Crippen LogP contribution in [0.5, 0.6) is 0 Å². The van der Waals surface area contributed by atoms with Gasteiger partial charge < -0.3 is 0 Å². The highest BCUT2D eigenvalue weighted by molar-refractivity contribution is 6.20. The molecule has 1 aliphatic heterocycles. The average molecular weight is 227 g/mol. The summed E-state index contributed by atoms with van der Waals surface area (Å²) in [6, 6.07) is 8.40. The molecule has 0 saturated heterocycles. The van der Waals surface area contributed by atoms with E-state index in [9.17, 15) is 4.79 Å². The molecule has 0 amide bonds. The normalized spacial score (nSPS) is 20.4. The fraction of sp³-hybridized carbons (Fsp3) is 0.467. The van der Waals surface area contributed by atoms with Crippen LogP contribution in [0.1, 0.15) is 37.3 Å². The molecule has 2 heteroatoms. The van der Waals surface area contributed by atoms with Gasteiger partial charge in [-0.25, -0.2) is 0 Å². The molecule has 0 unspecified atom stereocenters. The second kappa shape index (κ2) is 3.80. The van der Waals surface area contributed by atoms with Gasteiger partial charge in [-0.05, 0) is 30.4 Å². The second-order valence-electron chi connectivity index (χ2n) is 5.00. The van der Waals surface area contributed by atoms with Gasteiger partial charge in [0.2, 0.25) is 0 Å². The molecular weight excluding hydrogens is 210 g/mol. The Hall–Kier alpha value is -1.44. The summed E-state index contributed by atoms with van der Waals surface area (Å²) in [6.07, 6.45) is 3.62. The first-order valence-corrected chi connectivity index (χ1v) is 6.44. The summed E-state index contributed by atoms with van der Waals surface area (Å²) in [5.74, 6) is 0.368. The minimum absolute atomic E-state index is 0.217. The number of aliphatic imine (C=N–C) groups is 1. The summed E-state index contributed by atoms with van der Waals surface area (Å²) in [5, 5.41) is 0. The van der Waals surface area contributed by atoms with Gasteiger partial charge >= 0.3 is 0 Å². The van der Waals surface area contributed by atoms with Crippen molar-refractivity contribution in [3.8, 4) is 0 Å². The number of Topliss-reactive ketones (excluding diaryl/α,β-unsaturated/α-hetero) is 1.